The second-order valence-corrected chi connectivity index (χ2v) is 5.94. The summed E-state index contributed by atoms with van der Waals surface area (Å²) in [6, 6.07) is 9.39. The standard InChI is InChI=1S/C17H20BrFN2/c1-2-21-16(6-3-13-7-9-20-10-8-13)11-14-4-5-15(19)12-17(14)18/h4-5,7-10,12,16,21H,2-3,6,11H2,1H3. The van der Waals surface area contributed by atoms with Gasteiger partial charge in [-0.1, -0.05) is 28.9 Å². The maximum atomic E-state index is 13.2. The normalized spacial score (nSPS) is 12.3. The summed E-state index contributed by atoms with van der Waals surface area (Å²) in [6.45, 7) is 3.04. The van der Waals surface area contributed by atoms with E-state index in [9.17, 15) is 4.39 Å². The number of nitrogens with zero attached hydrogens (tertiary/aromatic N) is 1. The first kappa shape index (κ1) is 16.1. The predicted octanol–water partition coefficient (Wildman–Crippen LogP) is 4.14. The molecule has 21 heavy (non-hydrogen) atoms. The Bertz CT molecular complexity index is 560. The fourth-order valence-electron chi connectivity index (χ4n) is 2.41. The van der Waals surface area contributed by atoms with Crippen molar-refractivity contribution < 1.29 is 4.39 Å². The van der Waals surface area contributed by atoms with Crippen molar-refractivity contribution in [2.24, 2.45) is 0 Å². The Kier molecular flexibility index (Phi) is 6.33. The number of hydrogen-bond acceptors (Lipinski definition) is 2. The third-order valence-electron chi connectivity index (χ3n) is 3.51. The largest absolute Gasteiger partial charge is 0.314 e. The lowest BCUT2D eigenvalue weighted by molar-refractivity contribution is 0.490. The van der Waals surface area contributed by atoms with E-state index >= 15 is 0 Å². The maximum Gasteiger partial charge on any atom is 0.124 e. The summed E-state index contributed by atoms with van der Waals surface area (Å²) < 4.78 is 14.0. The lowest BCUT2D eigenvalue weighted by Gasteiger charge is -2.19. The van der Waals surface area contributed by atoms with Gasteiger partial charge in [0.2, 0.25) is 0 Å². The number of nitrogens with one attached hydrogen (secondary N) is 1. The molecule has 1 atom stereocenters. The minimum atomic E-state index is -0.206. The molecule has 0 amide bonds. The smallest absolute Gasteiger partial charge is 0.124 e. The number of aryl methyl sites for hydroxylation is 1. The Morgan fingerprint density at radius 3 is 2.67 bits per heavy atom. The van der Waals surface area contributed by atoms with Crippen LogP contribution in [0.4, 0.5) is 4.39 Å². The number of hydrogen-bond donors (Lipinski definition) is 1. The van der Waals surface area contributed by atoms with Crippen LogP contribution in [-0.2, 0) is 12.8 Å². The molecule has 2 nitrogen and oxygen atoms in total. The summed E-state index contributed by atoms with van der Waals surface area (Å²) in [4.78, 5) is 4.04. The van der Waals surface area contributed by atoms with E-state index in [2.05, 4.69) is 45.3 Å². The van der Waals surface area contributed by atoms with E-state index in [-0.39, 0.29) is 5.82 Å². The molecule has 0 saturated heterocycles. The van der Waals surface area contributed by atoms with Gasteiger partial charge in [-0.2, -0.15) is 0 Å². The molecule has 0 bridgehead atoms. The van der Waals surface area contributed by atoms with Gasteiger partial charge in [-0.25, -0.2) is 4.39 Å². The van der Waals surface area contributed by atoms with Gasteiger partial charge in [-0.15, -0.1) is 0 Å². The monoisotopic (exact) mass is 350 g/mol. The predicted molar refractivity (Wildman–Crippen MR) is 87.8 cm³/mol. The first-order chi connectivity index (χ1) is 10.2. The highest BCUT2D eigenvalue weighted by molar-refractivity contribution is 9.10. The van der Waals surface area contributed by atoms with Gasteiger partial charge in [0.1, 0.15) is 5.82 Å². The van der Waals surface area contributed by atoms with E-state index in [0.717, 1.165) is 35.8 Å². The van der Waals surface area contributed by atoms with E-state index < -0.39 is 0 Å². The quantitative estimate of drug-likeness (QED) is 0.811. The van der Waals surface area contributed by atoms with E-state index in [1.165, 1.54) is 17.7 Å². The highest BCUT2D eigenvalue weighted by Crippen LogP contribution is 2.20. The molecular formula is C17H20BrFN2. The summed E-state index contributed by atoms with van der Waals surface area (Å²) in [6.07, 6.45) is 6.60. The number of benzene rings is 1. The van der Waals surface area contributed by atoms with Crippen molar-refractivity contribution in [3.8, 4) is 0 Å². The topological polar surface area (TPSA) is 24.9 Å². The van der Waals surface area contributed by atoms with Crippen LogP contribution in [0, 0.1) is 5.82 Å². The first-order valence-corrected chi connectivity index (χ1v) is 8.04. The Labute approximate surface area is 133 Å². The van der Waals surface area contributed by atoms with Crippen molar-refractivity contribution >= 4 is 15.9 Å². The van der Waals surface area contributed by atoms with Gasteiger partial charge < -0.3 is 5.32 Å². The van der Waals surface area contributed by atoms with Crippen LogP contribution in [0.1, 0.15) is 24.5 Å². The van der Waals surface area contributed by atoms with Crippen LogP contribution >= 0.6 is 15.9 Å². The number of likely N-dealkylation sites (N-methyl/N-ethyl adjacent to an activating group) is 1. The molecule has 1 heterocycles. The molecule has 2 aromatic rings. The van der Waals surface area contributed by atoms with Crippen LogP contribution in [0.2, 0.25) is 0 Å². The highest BCUT2D eigenvalue weighted by atomic mass is 79.9. The van der Waals surface area contributed by atoms with E-state index in [1.54, 1.807) is 0 Å². The summed E-state index contributed by atoms with van der Waals surface area (Å²) in [5.41, 5.74) is 2.43. The van der Waals surface area contributed by atoms with Crippen molar-refractivity contribution in [3.05, 3.63) is 64.1 Å². The molecule has 0 radical (unpaired) electrons. The summed E-state index contributed by atoms with van der Waals surface area (Å²) in [5, 5.41) is 3.51. The molecule has 0 saturated carbocycles. The molecule has 1 unspecified atom stereocenters. The molecule has 4 heteroatoms. The molecule has 1 aromatic carbocycles. The Morgan fingerprint density at radius 2 is 2.00 bits per heavy atom. The third-order valence-corrected chi connectivity index (χ3v) is 4.24. The minimum Gasteiger partial charge on any atom is -0.314 e. The lowest BCUT2D eigenvalue weighted by atomic mass is 9.99. The third kappa shape index (κ3) is 5.21. The number of pyridine rings is 1. The average Bonchev–Trinajstić information content (AvgIpc) is 2.49. The van der Waals surface area contributed by atoms with Gasteiger partial charge in [-0.05, 0) is 61.2 Å². The molecule has 1 aromatic heterocycles. The van der Waals surface area contributed by atoms with E-state index in [0.29, 0.717) is 6.04 Å². The lowest BCUT2D eigenvalue weighted by Crippen LogP contribution is -2.31. The molecule has 2 rings (SSSR count). The zero-order valence-corrected chi connectivity index (χ0v) is 13.7. The molecule has 112 valence electrons. The van der Waals surface area contributed by atoms with Gasteiger partial charge in [0.25, 0.3) is 0 Å². The van der Waals surface area contributed by atoms with Crippen LogP contribution < -0.4 is 5.32 Å². The van der Waals surface area contributed by atoms with Crippen molar-refractivity contribution in [1.29, 1.82) is 0 Å². The van der Waals surface area contributed by atoms with Crippen molar-refractivity contribution in [2.75, 3.05) is 6.54 Å². The summed E-state index contributed by atoms with van der Waals surface area (Å²) in [7, 11) is 0. The van der Waals surface area contributed by atoms with Gasteiger partial charge in [0.15, 0.2) is 0 Å². The van der Waals surface area contributed by atoms with Gasteiger partial charge >= 0.3 is 0 Å². The maximum absolute atomic E-state index is 13.2. The molecular weight excluding hydrogens is 331 g/mol. The van der Waals surface area contributed by atoms with Crippen LogP contribution in [0.25, 0.3) is 0 Å². The van der Waals surface area contributed by atoms with E-state index in [1.807, 2.05) is 18.5 Å². The molecule has 0 aliphatic heterocycles. The van der Waals surface area contributed by atoms with Crippen LogP contribution in [0.3, 0.4) is 0 Å². The fourth-order valence-corrected chi connectivity index (χ4v) is 2.92. The van der Waals surface area contributed by atoms with Crippen LogP contribution in [0.5, 0.6) is 0 Å². The minimum absolute atomic E-state index is 0.206. The summed E-state index contributed by atoms with van der Waals surface area (Å²) >= 11 is 3.45. The first-order valence-electron chi connectivity index (χ1n) is 7.25. The van der Waals surface area contributed by atoms with Crippen molar-refractivity contribution in [1.82, 2.24) is 10.3 Å². The Hall–Kier alpha value is -1.26. The molecule has 1 N–H and O–H groups in total. The second kappa shape index (κ2) is 8.25. The fraction of sp³-hybridized carbons (Fsp3) is 0.353. The van der Waals surface area contributed by atoms with Gasteiger partial charge in [0, 0.05) is 22.9 Å². The van der Waals surface area contributed by atoms with E-state index in [4.69, 9.17) is 0 Å². The summed E-state index contributed by atoms with van der Waals surface area (Å²) in [5.74, 6) is -0.206. The zero-order valence-electron chi connectivity index (χ0n) is 12.2. The van der Waals surface area contributed by atoms with Gasteiger partial charge in [0.05, 0.1) is 0 Å². The molecule has 0 fully saturated rings. The number of halogens is 2. The number of rotatable bonds is 7. The Balaban J connectivity index is 1.98. The average molecular weight is 351 g/mol. The molecule has 0 aliphatic rings. The van der Waals surface area contributed by atoms with Crippen LogP contribution in [0.15, 0.2) is 47.2 Å². The zero-order chi connectivity index (χ0) is 15.1. The highest BCUT2D eigenvalue weighted by Gasteiger charge is 2.11. The van der Waals surface area contributed by atoms with Gasteiger partial charge in [-0.3, -0.25) is 4.98 Å². The SMILES string of the molecule is CCNC(CCc1ccncc1)Cc1ccc(F)cc1Br. The van der Waals surface area contributed by atoms with Crippen molar-refractivity contribution in [2.45, 2.75) is 32.2 Å². The number of aromatic nitrogens is 1. The molecule has 0 spiro atoms. The Morgan fingerprint density at radius 1 is 1.24 bits per heavy atom. The van der Waals surface area contributed by atoms with Crippen LogP contribution in [-0.4, -0.2) is 17.6 Å². The van der Waals surface area contributed by atoms with Crippen molar-refractivity contribution in [3.63, 3.8) is 0 Å². The second-order valence-electron chi connectivity index (χ2n) is 5.09. The molecule has 0 aliphatic carbocycles.